The molecule has 0 N–H and O–H groups in total. The average Bonchev–Trinajstić information content (AvgIpc) is 2.57. The molecule has 136 valence electrons. The Labute approximate surface area is 152 Å². The molecule has 1 atom stereocenters. The van der Waals surface area contributed by atoms with Gasteiger partial charge in [0.05, 0.1) is 10.1 Å². The normalized spacial score (nSPS) is 13.0. The zero-order valence-electron chi connectivity index (χ0n) is 14.3. The third-order valence-electron chi connectivity index (χ3n) is 4.11. The van der Waals surface area contributed by atoms with Crippen molar-refractivity contribution in [3.8, 4) is 0 Å². The molecule has 0 spiro atoms. The Morgan fingerprint density at radius 3 is 2.16 bits per heavy atom. The molecule has 0 saturated carbocycles. The van der Waals surface area contributed by atoms with Gasteiger partial charge in [-0.1, -0.05) is 30.2 Å². The fraction of sp³-hybridized carbons (Fsp3) is 0.368. The SMILES string of the molecule is CSCCCCC(c1c(F)cccc1F)S(=O)(=O)c1ccc(C)cc1. The molecule has 2 rings (SSSR count). The van der Waals surface area contributed by atoms with Crippen molar-refractivity contribution in [2.45, 2.75) is 36.3 Å². The van der Waals surface area contributed by atoms with Crippen LogP contribution in [0.25, 0.3) is 0 Å². The van der Waals surface area contributed by atoms with Crippen LogP contribution in [0, 0.1) is 18.6 Å². The van der Waals surface area contributed by atoms with Crippen LogP contribution in [0.4, 0.5) is 8.78 Å². The lowest BCUT2D eigenvalue weighted by Crippen LogP contribution is -2.17. The van der Waals surface area contributed by atoms with E-state index in [1.807, 2.05) is 13.2 Å². The van der Waals surface area contributed by atoms with Crippen LogP contribution in [0.2, 0.25) is 0 Å². The summed E-state index contributed by atoms with van der Waals surface area (Å²) in [6.45, 7) is 1.85. The van der Waals surface area contributed by atoms with Gasteiger partial charge in [0.2, 0.25) is 0 Å². The van der Waals surface area contributed by atoms with Gasteiger partial charge in [-0.25, -0.2) is 17.2 Å². The highest BCUT2D eigenvalue weighted by molar-refractivity contribution is 7.98. The summed E-state index contributed by atoms with van der Waals surface area (Å²) in [5.41, 5.74) is 0.569. The molecule has 0 bridgehead atoms. The van der Waals surface area contributed by atoms with Gasteiger partial charge < -0.3 is 0 Å². The summed E-state index contributed by atoms with van der Waals surface area (Å²) in [6, 6.07) is 9.84. The van der Waals surface area contributed by atoms with Crippen LogP contribution in [0.1, 0.15) is 35.6 Å². The standard InChI is InChI=1S/C19H22F2O2S2/c1-14-9-11-15(12-10-14)25(22,23)18(8-3-4-13-24-2)19-16(20)6-5-7-17(19)21/h5-7,9-12,18H,3-4,8,13H2,1-2H3. The molecule has 2 aromatic carbocycles. The average molecular weight is 385 g/mol. The Hall–Kier alpha value is -1.40. The number of sulfone groups is 1. The highest BCUT2D eigenvalue weighted by Crippen LogP contribution is 2.36. The van der Waals surface area contributed by atoms with Gasteiger partial charge in [0.15, 0.2) is 9.84 Å². The van der Waals surface area contributed by atoms with Gasteiger partial charge in [-0.05, 0) is 56.0 Å². The van der Waals surface area contributed by atoms with Crippen LogP contribution >= 0.6 is 11.8 Å². The van der Waals surface area contributed by atoms with Crippen molar-refractivity contribution < 1.29 is 17.2 Å². The second-order valence-electron chi connectivity index (χ2n) is 5.97. The molecule has 0 aliphatic carbocycles. The van der Waals surface area contributed by atoms with E-state index in [2.05, 4.69) is 0 Å². The zero-order chi connectivity index (χ0) is 18.4. The number of aryl methyl sites for hydroxylation is 1. The second-order valence-corrected chi connectivity index (χ2v) is 9.09. The first-order valence-corrected chi connectivity index (χ1v) is 11.1. The maximum absolute atomic E-state index is 14.3. The third-order valence-corrected chi connectivity index (χ3v) is 6.96. The fourth-order valence-electron chi connectivity index (χ4n) is 2.74. The smallest absolute Gasteiger partial charge is 0.185 e. The summed E-state index contributed by atoms with van der Waals surface area (Å²) in [5, 5.41) is -1.22. The molecular weight excluding hydrogens is 362 g/mol. The van der Waals surface area contributed by atoms with E-state index >= 15 is 0 Å². The number of halogens is 2. The Balaban J connectivity index is 2.45. The number of hydrogen-bond acceptors (Lipinski definition) is 3. The van der Waals surface area contributed by atoms with E-state index in [0.717, 1.165) is 29.9 Å². The van der Waals surface area contributed by atoms with Gasteiger partial charge in [0.25, 0.3) is 0 Å². The van der Waals surface area contributed by atoms with Crippen molar-refractivity contribution in [1.82, 2.24) is 0 Å². The Kier molecular flexibility index (Phi) is 7.02. The molecule has 6 heteroatoms. The Bertz CT molecular complexity index is 782. The molecule has 0 radical (unpaired) electrons. The van der Waals surface area contributed by atoms with Crippen molar-refractivity contribution in [2.75, 3.05) is 12.0 Å². The van der Waals surface area contributed by atoms with E-state index in [-0.39, 0.29) is 16.9 Å². The Morgan fingerprint density at radius 2 is 1.60 bits per heavy atom. The number of hydrogen-bond donors (Lipinski definition) is 0. The topological polar surface area (TPSA) is 34.1 Å². The minimum atomic E-state index is -3.89. The highest BCUT2D eigenvalue weighted by Gasteiger charge is 2.33. The first-order chi connectivity index (χ1) is 11.9. The lowest BCUT2D eigenvalue weighted by molar-refractivity contribution is 0.520. The van der Waals surface area contributed by atoms with E-state index in [1.165, 1.54) is 18.2 Å². The van der Waals surface area contributed by atoms with Gasteiger partial charge in [0.1, 0.15) is 11.6 Å². The molecule has 25 heavy (non-hydrogen) atoms. The van der Waals surface area contributed by atoms with E-state index in [4.69, 9.17) is 0 Å². The van der Waals surface area contributed by atoms with Crippen molar-refractivity contribution >= 4 is 21.6 Å². The van der Waals surface area contributed by atoms with Crippen LogP contribution in [0.15, 0.2) is 47.4 Å². The first kappa shape index (κ1) is 19.9. The molecule has 0 saturated heterocycles. The maximum Gasteiger partial charge on any atom is 0.185 e. The predicted octanol–water partition coefficient (Wildman–Crippen LogP) is 5.32. The molecule has 2 nitrogen and oxygen atoms in total. The van der Waals surface area contributed by atoms with Crippen molar-refractivity contribution in [3.63, 3.8) is 0 Å². The van der Waals surface area contributed by atoms with Crippen LogP contribution < -0.4 is 0 Å². The molecule has 0 aromatic heterocycles. The molecule has 2 aromatic rings. The summed E-state index contributed by atoms with van der Waals surface area (Å²) in [7, 11) is -3.89. The van der Waals surface area contributed by atoms with E-state index in [9.17, 15) is 17.2 Å². The van der Waals surface area contributed by atoms with Crippen LogP contribution in [0.5, 0.6) is 0 Å². The van der Waals surface area contributed by atoms with Gasteiger partial charge in [-0.2, -0.15) is 11.8 Å². The van der Waals surface area contributed by atoms with Crippen molar-refractivity contribution in [1.29, 1.82) is 0 Å². The minimum Gasteiger partial charge on any atom is -0.223 e. The van der Waals surface area contributed by atoms with Crippen LogP contribution in [-0.2, 0) is 9.84 Å². The second kappa shape index (κ2) is 8.81. The number of thioether (sulfide) groups is 1. The Morgan fingerprint density at radius 1 is 1.00 bits per heavy atom. The van der Waals surface area contributed by atoms with Gasteiger partial charge in [0, 0.05) is 5.56 Å². The summed E-state index contributed by atoms with van der Waals surface area (Å²) in [5.74, 6) is -0.743. The zero-order valence-corrected chi connectivity index (χ0v) is 16.0. The number of benzene rings is 2. The van der Waals surface area contributed by atoms with Crippen LogP contribution in [0.3, 0.4) is 0 Å². The first-order valence-electron chi connectivity index (χ1n) is 8.11. The van der Waals surface area contributed by atoms with Crippen LogP contribution in [-0.4, -0.2) is 20.4 Å². The highest BCUT2D eigenvalue weighted by atomic mass is 32.2. The largest absolute Gasteiger partial charge is 0.223 e. The summed E-state index contributed by atoms with van der Waals surface area (Å²) in [4.78, 5) is 0.0932. The predicted molar refractivity (Wildman–Crippen MR) is 99.7 cm³/mol. The number of unbranched alkanes of at least 4 members (excludes halogenated alkanes) is 1. The summed E-state index contributed by atoms with van der Waals surface area (Å²) < 4.78 is 54.7. The monoisotopic (exact) mass is 384 g/mol. The lowest BCUT2D eigenvalue weighted by atomic mass is 10.1. The number of rotatable bonds is 8. The molecule has 0 amide bonds. The summed E-state index contributed by atoms with van der Waals surface area (Å²) >= 11 is 1.66. The summed E-state index contributed by atoms with van der Waals surface area (Å²) in [6.07, 6.45) is 3.55. The van der Waals surface area contributed by atoms with Crippen molar-refractivity contribution in [3.05, 3.63) is 65.2 Å². The van der Waals surface area contributed by atoms with Gasteiger partial charge >= 0.3 is 0 Å². The van der Waals surface area contributed by atoms with Gasteiger partial charge in [-0.3, -0.25) is 0 Å². The quantitative estimate of drug-likeness (QED) is 0.578. The third kappa shape index (κ3) is 4.82. The van der Waals surface area contributed by atoms with E-state index in [0.29, 0.717) is 6.42 Å². The molecule has 0 aliphatic heterocycles. The minimum absolute atomic E-state index is 0.0932. The van der Waals surface area contributed by atoms with E-state index < -0.39 is 26.7 Å². The molecule has 0 fully saturated rings. The molecule has 1 unspecified atom stereocenters. The molecular formula is C19H22F2O2S2. The van der Waals surface area contributed by atoms with E-state index in [1.54, 1.807) is 23.9 Å². The molecule has 0 heterocycles. The fourth-order valence-corrected chi connectivity index (χ4v) is 5.09. The molecule has 0 aliphatic rings. The van der Waals surface area contributed by atoms with Crippen molar-refractivity contribution in [2.24, 2.45) is 0 Å². The maximum atomic E-state index is 14.3. The van der Waals surface area contributed by atoms with Gasteiger partial charge in [-0.15, -0.1) is 0 Å². The lowest BCUT2D eigenvalue weighted by Gasteiger charge is -2.19.